The Labute approximate surface area is 128 Å². The van der Waals surface area contributed by atoms with Crippen LogP contribution in [0, 0.1) is 5.92 Å². The first-order valence-electron chi connectivity index (χ1n) is 6.60. The summed E-state index contributed by atoms with van der Waals surface area (Å²) in [5.41, 5.74) is 0.189. The Morgan fingerprint density at radius 2 is 2.19 bits per heavy atom. The number of carbonyl (C=O) groups is 1. The average Bonchev–Trinajstić information content (AvgIpc) is 2.40. The maximum absolute atomic E-state index is 12.3. The van der Waals surface area contributed by atoms with E-state index in [0.29, 0.717) is 19.0 Å². The van der Waals surface area contributed by atoms with Crippen molar-refractivity contribution in [3.05, 3.63) is 28.8 Å². The van der Waals surface area contributed by atoms with Crippen LogP contribution in [0.5, 0.6) is 0 Å². The second-order valence-electron chi connectivity index (χ2n) is 5.21. The van der Waals surface area contributed by atoms with Crippen molar-refractivity contribution in [2.45, 2.75) is 19.8 Å². The molecule has 1 fully saturated rings. The minimum Gasteiger partial charge on any atom is -0.478 e. The summed E-state index contributed by atoms with van der Waals surface area (Å²) in [5, 5.41) is 8.92. The van der Waals surface area contributed by atoms with E-state index in [1.807, 2.05) is 6.92 Å². The topological polar surface area (TPSA) is 86.7 Å². The summed E-state index contributed by atoms with van der Waals surface area (Å²) in [7, 11) is -3.67. The van der Waals surface area contributed by atoms with Crippen LogP contribution in [-0.4, -0.2) is 36.9 Å². The Kier molecular flexibility index (Phi) is 4.75. The number of hydrogen-bond acceptors (Lipinski definition) is 3. The molecule has 0 spiro atoms. The van der Waals surface area contributed by atoms with Gasteiger partial charge in [0.1, 0.15) is 0 Å². The number of nitrogens with one attached hydrogen (secondary N) is 1. The minimum atomic E-state index is -3.67. The Morgan fingerprint density at radius 3 is 2.76 bits per heavy atom. The lowest BCUT2D eigenvalue weighted by molar-refractivity contribution is 0.0697. The highest BCUT2D eigenvalue weighted by Gasteiger charge is 2.27. The van der Waals surface area contributed by atoms with Crippen LogP contribution in [0.3, 0.4) is 0 Å². The summed E-state index contributed by atoms with van der Waals surface area (Å²) in [6, 6.07) is 3.89. The van der Waals surface area contributed by atoms with Gasteiger partial charge >= 0.3 is 16.2 Å². The van der Waals surface area contributed by atoms with E-state index in [0.717, 1.165) is 12.8 Å². The minimum absolute atomic E-state index is 0.00884. The fourth-order valence-corrected chi connectivity index (χ4v) is 3.99. The van der Waals surface area contributed by atoms with E-state index in [-0.39, 0.29) is 16.3 Å². The van der Waals surface area contributed by atoms with Gasteiger partial charge in [0.25, 0.3) is 0 Å². The lowest BCUT2D eigenvalue weighted by Gasteiger charge is -2.30. The van der Waals surface area contributed by atoms with E-state index in [1.165, 1.54) is 22.5 Å². The van der Waals surface area contributed by atoms with Crippen molar-refractivity contribution < 1.29 is 18.3 Å². The molecule has 0 saturated carbocycles. The third-order valence-corrected chi connectivity index (χ3v) is 5.22. The molecule has 1 unspecified atom stereocenters. The number of benzene rings is 1. The number of halogens is 1. The molecule has 0 amide bonds. The van der Waals surface area contributed by atoms with Gasteiger partial charge in [0, 0.05) is 13.1 Å². The maximum atomic E-state index is 12.3. The van der Waals surface area contributed by atoms with Crippen LogP contribution in [0.15, 0.2) is 18.2 Å². The van der Waals surface area contributed by atoms with Crippen molar-refractivity contribution in [1.29, 1.82) is 0 Å². The molecule has 1 aliphatic rings. The van der Waals surface area contributed by atoms with Crippen LogP contribution in [0.2, 0.25) is 5.02 Å². The number of nitrogens with zero attached hydrogens (tertiary/aromatic N) is 1. The largest absolute Gasteiger partial charge is 0.478 e. The van der Waals surface area contributed by atoms with E-state index < -0.39 is 16.2 Å². The standard InChI is InChI=1S/C13H17ClN2O4S/c1-9-3-2-6-16(8-9)21(19,20)15-12-5-4-10(13(17)18)7-11(12)14/h4-5,7,9,15H,2-3,6,8H2,1H3,(H,17,18). The first-order chi connectivity index (χ1) is 9.79. The lowest BCUT2D eigenvalue weighted by Crippen LogP contribution is -2.42. The normalized spacial score (nSPS) is 20.2. The molecule has 0 bridgehead atoms. The van der Waals surface area contributed by atoms with E-state index in [9.17, 15) is 13.2 Å². The molecule has 0 radical (unpaired) electrons. The van der Waals surface area contributed by atoms with Crippen molar-refractivity contribution in [3.63, 3.8) is 0 Å². The van der Waals surface area contributed by atoms with Crippen molar-refractivity contribution in [1.82, 2.24) is 4.31 Å². The molecule has 0 aromatic heterocycles. The zero-order valence-corrected chi connectivity index (χ0v) is 13.1. The molecule has 8 heteroatoms. The van der Waals surface area contributed by atoms with E-state index in [4.69, 9.17) is 16.7 Å². The summed E-state index contributed by atoms with van der Waals surface area (Å²) in [6.45, 7) is 2.96. The molecule has 0 aliphatic carbocycles. The van der Waals surface area contributed by atoms with Gasteiger partial charge in [-0.2, -0.15) is 12.7 Å². The SMILES string of the molecule is CC1CCCN(S(=O)(=O)Nc2ccc(C(=O)O)cc2Cl)C1. The van der Waals surface area contributed by atoms with Gasteiger partial charge in [-0.05, 0) is 37.0 Å². The molecule has 6 nitrogen and oxygen atoms in total. The third-order valence-electron chi connectivity index (χ3n) is 3.41. The molecule has 1 aliphatic heterocycles. The predicted octanol–water partition coefficient (Wildman–Crippen LogP) is 2.43. The van der Waals surface area contributed by atoms with Crippen molar-refractivity contribution in [2.75, 3.05) is 17.8 Å². The zero-order valence-electron chi connectivity index (χ0n) is 11.5. The zero-order chi connectivity index (χ0) is 15.6. The second kappa shape index (κ2) is 6.21. The average molecular weight is 333 g/mol. The number of carboxylic acids is 1. The van der Waals surface area contributed by atoms with E-state index in [1.54, 1.807) is 0 Å². The first-order valence-corrected chi connectivity index (χ1v) is 8.42. The number of anilines is 1. The fraction of sp³-hybridized carbons (Fsp3) is 0.462. The number of rotatable bonds is 4. The van der Waals surface area contributed by atoms with Crippen molar-refractivity contribution in [3.8, 4) is 0 Å². The van der Waals surface area contributed by atoms with Crippen molar-refractivity contribution in [2.24, 2.45) is 5.92 Å². The molecular formula is C13H17ClN2O4S. The highest BCUT2D eigenvalue weighted by Crippen LogP contribution is 2.26. The lowest BCUT2D eigenvalue weighted by atomic mass is 10.0. The van der Waals surface area contributed by atoms with Gasteiger partial charge in [0.2, 0.25) is 0 Å². The third kappa shape index (κ3) is 3.87. The van der Waals surface area contributed by atoms with Gasteiger partial charge in [-0.1, -0.05) is 18.5 Å². The van der Waals surface area contributed by atoms with Crippen LogP contribution < -0.4 is 4.72 Å². The van der Waals surface area contributed by atoms with Gasteiger partial charge in [-0.15, -0.1) is 0 Å². The van der Waals surface area contributed by atoms with Crippen molar-refractivity contribution >= 4 is 33.5 Å². The van der Waals surface area contributed by atoms with Gasteiger partial charge in [0.15, 0.2) is 0 Å². The predicted molar refractivity (Wildman–Crippen MR) is 80.9 cm³/mol. The fourth-order valence-electron chi connectivity index (χ4n) is 2.30. The molecule has 1 heterocycles. The summed E-state index contributed by atoms with van der Waals surface area (Å²) < 4.78 is 28.4. The first kappa shape index (κ1) is 16.1. The van der Waals surface area contributed by atoms with E-state index in [2.05, 4.69) is 4.72 Å². The van der Waals surface area contributed by atoms with Crippen LogP contribution in [0.4, 0.5) is 5.69 Å². The Hall–Kier alpha value is -1.31. The monoisotopic (exact) mass is 332 g/mol. The summed E-state index contributed by atoms with van der Waals surface area (Å²) >= 11 is 5.94. The molecular weight excluding hydrogens is 316 g/mol. The highest BCUT2D eigenvalue weighted by molar-refractivity contribution is 7.90. The van der Waals surface area contributed by atoms with Gasteiger partial charge in [-0.25, -0.2) is 4.79 Å². The smallest absolute Gasteiger partial charge is 0.335 e. The number of piperidine rings is 1. The maximum Gasteiger partial charge on any atom is 0.335 e. The molecule has 1 saturated heterocycles. The van der Waals surface area contributed by atoms with Crippen LogP contribution in [0.1, 0.15) is 30.1 Å². The molecule has 1 aromatic carbocycles. The molecule has 2 rings (SSSR count). The van der Waals surface area contributed by atoms with E-state index >= 15 is 0 Å². The Balaban J connectivity index is 2.18. The quantitative estimate of drug-likeness (QED) is 0.886. The number of hydrogen-bond donors (Lipinski definition) is 2. The Morgan fingerprint density at radius 1 is 1.48 bits per heavy atom. The summed E-state index contributed by atoms with van der Waals surface area (Å²) in [6.07, 6.45) is 1.84. The second-order valence-corrected chi connectivity index (χ2v) is 7.29. The highest BCUT2D eigenvalue weighted by atomic mass is 35.5. The summed E-state index contributed by atoms with van der Waals surface area (Å²) in [4.78, 5) is 10.8. The van der Waals surface area contributed by atoms with Gasteiger partial charge < -0.3 is 5.11 Å². The molecule has 1 atom stereocenters. The van der Waals surface area contributed by atoms with Crippen LogP contribution >= 0.6 is 11.6 Å². The molecule has 116 valence electrons. The van der Waals surface area contributed by atoms with Crippen LogP contribution in [-0.2, 0) is 10.2 Å². The van der Waals surface area contributed by atoms with Crippen LogP contribution in [0.25, 0.3) is 0 Å². The Bertz CT molecular complexity index is 648. The molecule has 1 aromatic rings. The number of carboxylic acid groups (broad SMARTS) is 1. The molecule has 2 N–H and O–H groups in total. The molecule has 21 heavy (non-hydrogen) atoms. The number of aromatic carboxylic acids is 1. The van der Waals surface area contributed by atoms with Gasteiger partial charge in [0.05, 0.1) is 16.3 Å². The summed E-state index contributed by atoms with van der Waals surface area (Å²) in [5.74, 6) is -0.795. The van der Waals surface area contributed by atoms with Gasteiger partial charge in [-0.3, -0.25) is 4.72 Å².